The van der Waals surface area contributed by atoms with Crippen molar-refractivity contribution in [2.75, 3.05) is 18.4 Å². The molecule has 1 aromatic heterocycles. The maximum Gasteiger partial charge on any atom is 0.418 e. The van der Waals surface area contributed by atoms with Gasteiger partial charge in [-0.15, -0.1) is 0 Å². The first-order valence-corrected chi connectivity index (χ1v) is 8.65. The van der Waals surface area contributed by atoms with Crippen LogP contribution in [0.25, 0.3) is 10.9 Å². The van der Waals surface area contributed by atoms with Crippen LogP contribution in [0.4, 0.5) is 23.7 Å². The number of likely N-dealkylation sites (tertiary alicyclic amines) is 1. The third-order valence-corrected chi connectivity index (χ3v) is 4.47. The van der Waals surface area contributed by atoms with Crippen molar-refractivity contribution < 1.29 is 22.7 Å². The third-order valence-electron chi connectivity index (χ3n) is 4.47. The average Bonchev–Trinajstić information content (AvgIpc) is 2.63. The number of para-hydroxylation sites is 2. The highest BCUT2D eigenvalue weighted by atomic mass is 19.4. The van der Waals surface area contributed by atoms with Gasteiger partial charge in [-0.2, -0.15) is 13.2 Å². The number of hydrogen-bond acceptors (Lipinski definition) is 3. The van der Waals surface area contributed by atoms with Gasteiger partial charge < -0.3 is 15.0 Å². The lowest BCUT2D eigenvalue weighted by Crippen LogP contribution is -2.57. The Morgan fingerprint density at radius 1 is 1.04 bits per heavy atom. The average molecular weight is 387 g/mol. The SMILES string of the molecule is O=C(Nc1ccccc1C(F)(F)F)N1CC(Oc2ccc3ccccc3n2)C1. The minimum absolute atomic E-state index is 0.253. The summed E-state index contributed by atoms with van der Waals surface area (Å²) in [6.45, 7) is 0.545. The van der Waals surface area contributed by atoms with Crippen molar-refractivity contribution in [3.05, 3.63) is 66.2 Å². The summed E-state index contributed by atoms with van der Waals surface area (Å²) in [6, 6.07) is 15.6. The Morgan fingerprint density at radius 3 is 2.54 bits per heavy atom. The number of aromatic nitrogens is 1. The van der Waals surface area contributed by atoms with Crippen LogP contribution in [0.3, 0.4) is 0 Å². The fourth-order valence-electron chi connectivity index (χ4n) is 3.00. The Labute approximate surface area is 158 Å². The van der Waals surface area contributed by atoms with Gasteiger partial charge in [-0.05, 0) is 24.3 Å². The van der Waals surface area contributed by atoms with Crippen LogP contribution in [0.15, 0.2) is 60.7 Å². The number of nitrogens with one attached hydrogen (secondary N) is 1. The van der Waals surface area contributed by atoms with Crippen LogP contribution in [0.2, 0.25) is 0 Å². The van der Waals surface area contributed by atoms with E-state index >= 15 is 0 Å². The van der Waals surface area contributed by atoms with Gasteiger partial charge in [0, 0.05) is 11.5 Å². The Bertz CT molecular complexity index is 1020. The number of carbonyl (C=O) groups is 1. The fourth-order valence-corrected chi connectivity index (χ4v) is 3.00. The van der Waals surface area contributed by atoms with Crippen LogP contribution in [-0.2, 0) is 6.18 Å². The summed E-state index contributed by atoms with van der Waals surface area (Å²) in [4.78, 5) is 18.0. The first-order chi connectivity index (χ1) is 13.4. The van der Waals surface area contributed by atoms with E-state index in [2.05, 4.69) is 10.3 Å². The molecule has 0 bridgehead atoms. The molecule has 5 nitrogen and oxygen atoms in total. The minimum Gasteiger partial charge on any atom is -0.471 e. The number of ether oxygens (including phenoxy) is 1. The minimum atomic E-state index is -4.54. The Balaban J connectivity index is 1.35. The van der Waals surface area contributed by atoms with E-state index in [0.717, 1.165) is 17.0 Å². The second kappa shape index (κ2) is 7.03. The number of benzene rings is 2. The van der Waals surface area contributed by atoms with E-state index < -0.39 is 17.8 Å². The molecule has 8 heteroatoms. The lowest BCUT2D eigenvalue weighted by atomic mass is 10.1. The third kappa shape index (κ3) is 3.71. The van der Waals surface area contributed by atoms with Gasteiger partial charge in [0.15, 0.2) is 0 Å². The molecule has 0 unspecified atom stereocenters. The fraction of sp³-hybridized carbons (Fsp3) is 0.200. The molecular formula is C20H16F3N3O2. The zero-order valence-corrected chi connectivity index (χ0v) is 14.6. The highest BCUT2D eigenvalue weighted by Crippen LogP contribution is 2.34. The summed E-state index contributed by atoms with van der Waals surface area (Å²) in [5.74, 6) is 0.450. The summed E-state index contributed by atoms with van der Waals surface area (Å²) < 4.78 is 44.8. The number of rotatable bonds is 3. The number of carbonyl (C=O) groups excluding carboxylic acids is 1. The maximum absolute atomic E-state index is 13.0. The number of pyridine rings is 1. The number of halogens is 3. The van der Waals surface area contributed by atoms with E-state index in [4.69, 9.17) is 4.74 Å². The van der Waals surface area contributed by atoms with Crippen LogP contribution in [-0.4, -0.2) is 35.1 Å². The van der Waals surface area contributed by atoms with E-state index in [-0.39, 0.29) is 24.9 Å². The number of amides is 2. The van der Waals surface area contributed by atoms with E-state index in [1.165, 1.54) is 23.1 Å². The number of fused-ring (bicyclic) bond motifs is 1. The molecule has 0 saturated carbocycles. The monoisotopic (exact) mass is 387 g/mol. The second-order valence-corrected chi connectivity index (χ2v) is 6.46. The largest absolute Gasteiger partial charge is 0.471 e. The van der Waals surface area contributed by atoms with Gasteiger partial charge in [0.25, 0.3) is 0 Å². The Kier molecular flexibility index (Phi) is 4.54. The molecule has 2 amide bonds. The zero-order valence-electron chi connectivity index (χ0n) is 14.6. The lowest BCUT2D eigenvalue weighted by Gasteiger charge is -2.38. The number of urea groups is 1. The van der Waals surface area contributed by atoms with E-state index in [1.807, 2.05) is 30.3 Å². The predicted molar refractivity (Wildman–Crippen MR) is 98.2 cm³/mol. The molecule has 4 rings (SSSR count). The van der Waals surface area contributed by atoms with Gasteiger partial charge in [-0.25, -0.2) is 9.78 Å². The summed E-state index contributed by atoms with van der Waals surface area (Å²) >= 11 is 0. The molecule has 1 saturated heterocycles. The van der Waals surface area contributed by atoms with E-state index in [0.29, 0.717) is 5.88 Å². The molecule has 2 aromatic carbocycles. The number of hydrogen-bond donors (Lipinski definition) is 1. The van der Waals surface area contributed by atoms with Crippen molar-refractivity contribution in [3.8, 4) is 5.88 Å². The van der Waals surface area contributed by atoms with Gasteiger partial charge in [0.1, 0.15) is 6.10 Å². The number of anilines is 1. The van der Waals surface area contributed by atoms with Crippen molar-refractivity contribution in [1.82, 2.24) is 9.88 Å². The maximum atomic E-state index is 13.0. The zero-order chi connectivity index (χ0) is 19.7. The topological polar surface area (TPSA) is 54.5 Å². The van der Waals surface area contributed by atoms with Crippen LogP contribution < -0.4 is 10.1 Å². The van der Waals surface area contributed by atoms with Crippen LogP contribution >= 0.6 is 0 Å². The van der Waals surface area contributed by atoms with Crippen molar-refractivity contribution in [2.24, 2.45) is 0 Å². The lowest BCUT2D eigenvalue weighted by molar-refractivity contribution is -0.136. The van der Waals surface area contributed by atoms with Crippen LogP contribution in [0.1, 0.15) is 5.56 Å². The second-order valence-electron chi connectivity index (χ2n) is 6.46. The first-order valence-electron chi connectivity index (χ1n) is 8.65. The summed E-state index contributed by atoms with van der Waals surface area (Å²) in [7, 11) is 0. The van der Waals surface area contributed by atoms with Crippen molar-refractivity contribution in [1.29, 1.82) is 0 Å². The van der Waals surface area contributed by atoms with Gasteiger partial charge >= 0.3 is 12.2 Å². The molecule has 28 heavy (non-hydrogen) atoms. The van der Waals surface area contributed by atoms with Crippen molar-refractivity contribution in [2.45, 2.75) is 12.3 Å². The molecule has 0 spiro atoms. The Hall–Kier alpha value is -3.29. The molecule has 2 heterocycles. The quantitative estimate of drug-likeness (QED) is 0.717. The highest BCUT2D eigenvalue weighted by Gasteiger charge is 2.36. The summed E-state index contributed by atoms with van der Waals surface area (Å²) in [5.41, 5.74) is -0.338. The van der Waals surface area contributed by atoms with Gasteiger partial charge in [-0.3, -0.25) is 0 Å². The molecule has 144 valence electrons. The van der Waals surface area contributed by atoms with Gasteiger partial charge in [0.05, 0.1) is 29.9 Å². The van der Waals surface area contributed by atoms with Gasteiger partial charge in [-0.1, -0.05) is 30.3 Å². The summed E-state index contributed by atoms with van der Waals surface area (Å²) in [6.07, 6.45) is -4.79. The van der Waals surface area contributed by atoms with Crippen molar-refractivity contribution >= 4 is 22.6 Å². The molecule has 0 aliphatic carbocycles. The first kappa shape index (κ1) is 18.1. The molecule has 1 aliphatic rings. The van der Waals surface area contributed by atoms with Crippen molar-refractivity contribution in [3.63, 3.8) is 0 Å². The molecule has 3 aromatic rings. The van der Waals surface area contributed by atoms with E-state index in [9.17, 15) is 18.0 Å². The molecule has 0 atom stereocenters. The number of alkyl halides is 3. The molecule has 0 radical (unpaired) electrons. The summed E-state index contributed by atoms with van der Waals surface area (Å²) in [5, 5.41) is 3.32. The molecular weight excluding hydrogens is 371 g/mol. The molecule has 1 fully saturated rings. The number of nitrogens with zero attached hydrogens (tertiary/aromatic N) is 2. The van der Waals surface area contributed by atoms with Crippen LogP contribution in [0, 0.1) is 0 Å². The van der Waals surface area contributed by atoms with Crippen LogP contribution in [0.5, 0.6) is 5.88 Å². The smallest absolute Gasteiger partial charge is 0.418 e. The molecule has 1 N–H and O–H groups in total. The highest BCUT2D eigenvalue weighted by molar-refractivity contribution is 5.91. The predicted octanol–water partition coefficient (Wildman–Crippen LogP) is 4.55. The molecule has 1 aliphatic heterocycles. The normalized spacial score (nSPS) is 14.6. The standard InChI is InChI=1S/C20H16F3N3O2/c21-20(22,23)15-6-2-4-8-17(15)25-19(27)26-11-14(12-26)28-18-10-9-13-5-1-3-7-16(13)24-18/h1-10,14H,11-12H2,(H,25,27). The van der Waals surface area contributed by atoms with E-state index in [1.54, 1.807) is 6.07 Å². The Morgan fingerprint density at radius 2 is 1.75 bits per heavy atom. The van der Waals surface area contributed by atoms with Gasteiger partial charge in [0.2, 0.25) is 5.88 Å².